The minimum Gasteiger partial charge on any atom is -0.508 e. The molecule has 5 N–H and O–H groups in total. The molecule has 2 rings (SSSR count). The molecule has 0 fully saturated rings. The van der Waals surface area contributed by atoms with Gasteiger partial charge in [-0.1, -0.05) is 42.5 Å². The lowest BCUT2D eigenvalue weighted by Gasteiger charge is -2.16. The summed E-state index contributed by atoms with van der Waals surface area (Å²) in [5.41, 5.74) is 9.34. The average Bonchev–Trinajstić information content (AvgIpc) is 2.63. The number of amides is 2. The Bertz CT molecular complexity index is 730. The fraction of sp³-hybridized carbons (Fsp3) is 0.167. The second-order valence-corrected chi connectivity index (χ2v) is 5.34. The van der Waals surface area contributed by atoms with Crippen LogP contribution in [0.4, 0.5) is 0 Å². The number of nitrogens with two attached hydrogens (primary N) is 1. The minimum atomic E-state index is -0.825. The first-order valence-corrected chi connectivity index (χ1v) is 7.74. The van der Waals surface area contributed by atoms with Crippen molar-refractivity contribution in [3.05, 3.63) is 65.7 Å². The molecule has 0 saturated carbocycles. The Hall–Kier alpha value is -3.19. The molecular weight excluding hydrogens is 320 g/mol. The molecule has 0 spiro atoms. The fourth-order valence-corrected chi connectivity index (χ4v) is 2.12. The molecule has 0 aliphatic heterocycles. The van der Waals surface area contributed by atoms with Crippen molar-refractivity contribution in [1.82, 2.24) is 10.7 Å². The van der Waals surface area contributed by atoms with Crippen LogP contribution in [0, 0.1) is 0 Å². The van der Waals surface area contributed by atoms with Gasteiger partial charge in [-0.25, -0.2) is 5.43 Å². The Kier molecular flexibility index (Phi) is 6.67. The highest BCUT2D eigenvalue weighted by atomic mass is 16.3. The van der Waals surface area contributed by atoms with Crippen LogP contribution in [0.5, 0.6) is 5.75 Å². The summed E-state index contributed by atoms with van der Waals surface area (Å²) < 4.78 is 0. The van der Waals surface area contributed by atoms with E-state index in [-0.39, 0.29) is 18.7 Å². The number of hydrogen-bond donors (Lipinski definition) is 4. The van der Waals surface area contributed by atoms with Gasteiger partial charge < -0.3 is 16.2 Å². The van der Waals surface area contributed by atoms with Crippen LogP contribution in [0.1, 0.15) is 11.1 Å². The third-order valence-corrected chi connectivity index (χ3v) is 3.40. The Morgan fingerprint density at radius 3 is 2.44 bits per heavy atom. The Morgan fingerprint density at radius 2 is 1.80 bits per heavy atom. The van der Waals surface area contributed by atoms with E-state index in [1.165, 1.54) is 18.3 Å². The number of carbonyl (C=O) groups is 2. The molecule has 0 radical (unpaired) electrons. The van der Waals surface area contributed by atoms with Gasteiger partial charge in [0.25, 0.3) is 5.91 Å². The number of rotatable bonds is 7. The molecule has 0 aliphatic rings. The normalized spacial score (nSPS) is 11.9. The number of benzene rings is 2. The van der Waals surface area contributed by atoms with Gasteiger partial charge in [0.2, 0.25) is 5.91 Å². The van der Waals surface area contributed by atoms with Gasteiger partial charge in [0, 0.05) is 6.42 Å². The number of nitrogens with zero attached hydrogens (tertiary/aromatic N) is 1. The molecule has 2 amide bonds. The molecule has 0 saturated heterocycles. The van der Waals surface area contributed by atoms with Gasteiger partial charge in [-0.15, -0.1) is 0 Å². The molecule has 0 heterocycles. The highest BCUT2D eigenvalue weighted by Crippen LogP contribution is 2.11. The lowest BCUT2D eigenvalue weighted by molar-refractivity contribution is -0.128. The van der Waals surface area contributed by atoms with Crippen molar-refractivity contribution >= 4 is 18.0 Å². The number of carbonyl (C=O) groups excluding carboxylic acids is 2. The highest BCUT2D eigenvalue weighted by molar-refractivity contribution is 5.89. The van der Waals surface area contributed by atoms with E-state index in [1.807, 2.05) is 30.3 Å². The molecule has 2 aromatic carbocycles. The summed E-state index contributed by atoms with van der Waals surface area (Å²) in [5, 5.41) is 15.8. The molecule has 2 aromatic rings. The summed E-state index contributed by atoms with van der Waals surface area (Å²) >= 11 is 0. The van der Waals surface area contributed by atoms with Crippen LogP contribution in [0.2, 0.25) is 0 Å². The van der Waals surface area contributed by atoms with E-state index >= 15 is 0 Å². The molecule has 7 nitrogen and oxygen atoms in total. The van der Waals surface area contributed by atoms with Gasteiger partial charge in [-0.2, -0.15) is 5.10 Å². The predicted molar refractivity (Wildman–Crippen MR) is 95.0 cm³/mol. The van der Waals surface area contributed by atoms with E-state index in [0.29, 0.717) is 0 Å². The molecule has 25 heavy (non-hydrogen) atoms. The summed E-state index contributed by atoms with van der Waals surface area (Å²) in [4.78, 5) is 23.9. The molecule has 1 unspecified atom stereocenters. The highest BCUT2D eigenvalue weighted by Gasteiger charge is 2.20. The van der Waals surface area contributed by atoms with Gasteiger partial charge in [0.05, 0.1) is 12.8 Å². The monoisotopic (exact) mass is 340 g/mol. The van der Waals surface area contributed by atoms with Gasteiger partial charge in [0.15, 0.2) is 0 Å². The van der Waals surface area contributed by atoms with Crippen molar-refractivity contribution in [2.45, 2.75) is 12.5 Å². The molecule has 0 bridgehead atoms. The summed E-state index contributed by atoms with van der Waals surface area (Å²) in [7, 11) is 0. The Morgan fingerprint density at radius 1 is 1.12 bits per heavy atom. The number of phenolic OH excluding ortho intramolecular Hbond substituents is 1. The third kappa shape index (κ3) is 6.08. The summed E-state index contributed by atoms with van der Waals surface area (Å²) in [6.45, 7) is -0.216. The van der Waals surface area contributed by atoms with E-state index in [9.17, 15) is 14.7 Å². The van der Waals surface area contributed by atoms with Crippen LogP contribution in [0.15, 0.2) is 59.7 Å². The number of nitrogens with one attached hydrogen (secondary N) is 2. The number of hydrazone groups is 1. The first kappa shape index (κ1) is 18.2. The predicted octanol–water partition coefficient (Wildman–Crippen LogP) is 0.529. The van der Waals surface area contributed by atoms with Crippen molar-refractivity contribution in [3.8, 4) is 5.75 Å². The second-order valence-electron chi connectivity index (χ2n) is 5.34. The fourth-order valence-electron chi connectivity index (χ4n) is 2.12. The van der Waals surface area contributed by atoms with Crippen molar-refractivity contribution in [3.63, 3.8) is 0 Å². The van der Waals surface area contributed by atoms with Crippen molar-refractivity contribution in [2.75, 3.05) is 6.54 Å². The summed E-state index contributed by atoms with van der Waals surface area (Å²) in [6, 6.07) is 14.9. The zero-order chi connectivity index (χ0) is 18.1. The second kappa shape index (κ2) is 9.19. The van der Waals surface area contributed by atoms with Crippen molar-refractivity contribution in [2.24, 2.45) is 10.8 Å². The van der Waals surface area contributed by atoms with Gasteiger partial charge in [-0.3, -0.25) is 9.59 Å². The SMILES string of the molecule is NCC(=O)NC(Cc1ccc(O)cc1)C(=O)N/N=C\c1ccccc1. The van der Waals surface area contributed by atoms with Crippen LogP contribution < -0.4 is 16.5 Å². The maximum absolute atomic E-state index is 12.3. The molecular formula is C18H20N4O3. The van der Waals surface area contributed by atoms with Gasteiger partial charge in [-0.05, 0) is 23.3 Å². The molecule has 1 atom stereocenters. The van der Waals surface area contributed by atoms with Crippen LogP contribution in [0.3, 0.4) is 0 Å². The third-order valence-electron chi connectivity index (χ3n) is 3.40. The van der Waals surface area contributed by atoms with Gasteiger partial charge in [0.1, 0.15) is 11.8 Å². The van der Waals surface area contributed by atoms with E-state index in [1.54, 1.807) is 12.1 Å². The molecule has 7 heteroatoms. The maximum atomic E-state index is 12.3. The quantitative estimate of drug-likeness (QED) is 0.434. The topological polar surface area (TPSA) is 117 Å². The van der Waals surface area contributed by atoms with E-state index in [0.717, 1.165) is 11.1 Å². The lowest BCUT2D eigenvalue weighted by atomic mass is 10.1. The number of phenols is 1. The van der Waals surface area contributed by atoms with Crippen LogP contribution in [-0.2, 0) is 16.0 Å². The van der Waals surface area contributed by atoms with E-state index in [2.05, 4.69) is 15.8 Å². The standard InChI is InChI=1S/C18H20N4O3/c19-11-17(24)21-16(10-13-6-8-15(23)9-7-13)18(25)22-20-12-14-4-2-1-3-5-14/h1-9,12,16,23H,10-11,19H2,(H,21,24)(H,22,25)/b20-12-. The van der Waals surface area contributed by atoms with E-state index in [4.69, 9.17) is 5.73 Å². The van der Waals surface area contributed by atoms with Crippen molar-refractivity contribution < 1.29 is 14.7 Å². The van der Waals surface area contributed by atoms with Crippen LogP contribution >= 0.6 is 0 Å². The minimum absolute atomic E-state index is 0.128. The average molecular weight is 340 g/mol. The lowest BCUT2D eigenvalue weighted by Crippen LogP contribution is -2.48. The largest absolute Gasteiger partial charge is 0.508 e. The Labute approximate surface area is 145 Å². The Balaban J connectivity index is 2.02. The van der Waals surface area contributed by atoms with Crippen LogP contribution in [0.25, 0.3) is 0 Å². The molecule has 130 valence electrons. The zero-order valence-electron chi connectivity index (χ0n) is 13.6. The summed E-state index contributed by atoms with van der Waals surface area (Å²) in [6.07, 6.45) is 1.76. The smallest absolute Gasteiger partial charge is 0.262 e. The zero-order valence-corrected chi connectivity index (χ0v) is 13.6. The van der Waals surface area contributed by atoms with Gasteiger partial charge >= 0.3 is 0 Å². The number of aromatic hydroxyl groups is 1. The van der Waals surface area contributed by atoms with Crippen molar-refractivity contribution in [1.29, 1.82) is 0 Å². The van der Waals surface area contributed by atoms with E-state index < -0.39 is 17.9 Å². The summed E-state index contributed by atoms with van der Waals surface area (Å²) in [5.74, 6) is -0.767. The first-order chi connectivity index (χ1) is 12.1. The molecule has 0 aromatic heterocycles. The van der Waals surface area contributed by atoms with Crippen LogP contribution in [-0.4, -0.2) is 35.7 Å². The number of hydrogen-bond acceptors (Lipinski definition) is 5. The first-order valence-electron chi connectivity index (χ1n) is 7.74. The maximum Gasteiger partial charge on any atom is 0.262 e. The molecule has 0 aliphatic carbocycles.